The fourth-order valence-electron chi connectivity index (χ4n) is 2.82. The average Bonchev–Trinajstić information content (AvgIpc) is 3.28. The maximum absolute atomic E-state index is 11.9. The van der Waals surface area contributed by atoms with Crippen molar-refractivity contribution in [2.24, 2.45) is 0 Å². The summed E-state index contributed by atoms with van der Waals surface area (Å²) in [4.78, 5) is 35.4. The van der Waals surface area contributed by atoms with Gasteiger partial charge in [0.15, 0.2) is 6.61 Å². The molecule has 1 aromatic carbocycles. The summed E-state index contributed by atoms with van der Waals surface area (Å²) in [6.07, 6.45) is 2.11. The quantitative estimate of drug-likeness (QED) is 0.648. The Labute approximate surface area is 161 Å². The summed E-state index contributed by atoms with van der Waals surface area (Å²) in [5.41, 5.74) is 1.82. The second kappa shape index (κ2) is 8.81. The third-order valence-electron chi connectivity index (χ3n) is 4.63. The van der Waals surface area contributed by atoms with E-state index in [1.165, 1.54) is 16.9 Å². The Hall–Kier alpha value is -2.67. The van der Waals surface area contributed by atoms with E-state index in [0.717, 1.165) is 12.8 Å². The summed E-state index contributed by atoms with van der Waals surface area (Å²) in [7, 11) is 0. The molecular formula is C20H22N2O4S. The topological polar surface area (TPSA) is 84.5 Å². The number of esters is 1. The molecule has 0 aliphatic heterocycles. The van der Waals surface area contributed by atoms with Crippen LogP contribution in [0.4, 0.5) is 0 Å². The summed E-state index contributed by atoms with van der Waals surface area (Å²) in [6, 6.07) is 11.8. The van der Waals surface area contributed by atoms with E-state index in [2.05, 4.69) is 22.8 Å². The zero-order chi connectivity index (χ0) is 19.1. The van der Waals surface area contributed by atoms with Crippen LogP contribution in [0.1, 0.15) is 35.2 Å². The SMILES string of the molecule is O=C(COC(=O)CCNC(=O)c1ccsc1)NCC1(c2ccccc2)CC1. The average molecular weight is 386 g/mol. The van der Waals surface area contributed by atoms with Gasteiger partial charge in [0.2, 0.25) is 0 Å². The number of thiophene rings is 1. The number of ether oxygens (including phenoxy) is 1. The lowest BCUT2D eigenvalue weighted by atomic mass is 9.96. The van der Waals surface area contributed by atoms with Crippen LogP contribution in [0.15, 0.2) is 47.2 Å². The highest BCUT2D eigenvalue weighted by Crippen LogP contribution is 2.47. The number of hydrogen-bond acceptors (Lipinski definition) is 5. The summed E-state index contributed by atoms with van der Waals surface area (Å²) < 4.78 is 4.97. The largest absolute Gasteiger partial charge is 0.456 e. The molecule has 3 rings (SSSR count). The van der Waals surface area contributed by atoms with Crippen LogP contribution >= 0.6 is 11.3 Å². The molecular weight excluding hydrogens is 364 g/mol. The monoisotopic (exact) mass is 386 g/mol. The van der Waals surface area contributed by atoms with Crippen molar-refractivity contribution in [1.82, 2.24) is 10.6 Å². The maximum Gasteiger partial charge on any atom is 0.308 e. The molecule has 1 fully saturated rings. The Bertz CT molecular complexity index is 786. The fraction of sp³-hybridized carbons (Fsp3) is 0.350. The minimum Gasteiger partial charge on any atom is -0.456 e. The second-order valence-corrected chi connectivity index (χ2v) is 7.38. The number of carbonyl (C=O) groups is 3. The molecule has 2 amide bonds. The normalized spacial score (nSPS) is 14.2. The summed E-state index contributed by atoms with van der Waals surface area (Å²) in [5.74, 6) is -1.05. The lowest BCUT2D eigenvalue weighted by Crippen LogP contribution is -2.35. The van der Waals surface area contributed by atoms with Crippen LogP contribution in [0.2, 0.25) is 0 Å². The molecule has 0 spiro atoms. The highest BCUT2D eigenvalue weighted by Gasteiger charge is 2.44. The van der Waals surface area contributed by atoms with Crippen molar-refractivity contribution in [3.05, 3.63) is 58.3 Å². The second-order valence-electron chi connectivity index (χ2n) is 6.60. The number of hydrogen-bond donors (Lipinski definition) is 2. The van der Waals surface area contributed by atoms with Gasteiger partial charge in [-0.1, -0.05) is 30.3 Å². The van der Waals surface area contributed by atoms with Crippen molar-refractivity contribution < 1.29 is 19.1 Å². The molecule has 27 heavy (non-hydrogen) atoms. The first-order valence-corrected chi connectivity index (χ1v) is 9.82. The number of rotatable bonds is 9. The number of benzene rings is 1. The lowest BCUT2D eigenvalue weighted by molar-refractivity contribution is -0.148. The van der Waals surface area contributed by atoms with Crippen LogP contribution in [0.25, 0.3) is 0 Å². The molecule has 1 aliphatic carbocycles. The Morgan fingerprint density at radius 2 is 1.85 bits per heavy atom. The van der Waals surface area contributed by atoms with Crippen LogP contribution in [0, 0.1) is 0 Å². The van der Waals surface area contributed by atoms with Crippen molar-refractivity contribution in [2.45, 2.75) is 24.7 Å². The highest BCUT2D eigenvalue weighted by atomic mass is 32.1. The zero-order valence-electron chi connectivity index (χ0n) is 14.9. The summed E-state index contributed by atoms with van der Waals surface area (Å²) >= 11 is 1.43. The first kappa shape index (κ1) is 19.1. The van der Waals surface area contributed by atoms with E-state index in [1.54, 1.807) is 11.4 Å². The molecule has 2 aromatic rings. The first-order valence-electron chi connectivity index (χ1n) is 8.87. The molecule has 1 heterocycles. The van der Waals surface area contributed by atoms with Gasteiger partial charge in [-0.05, 0) is 29.9 Å². The van der Waals surface area contributed by atoms with Gasteiger partial charge in [0.1, 0.15) is 0 Å². The standard InChI is InChI=1S/C20H22N2O4S/c23-17(22-14-20(8-9-20)16-4-2-1-3-5-16)12-26-18(24)6-10-21-19(25)15-7-11-27-13-15/h1-5,7,11,13H,6,8-10,12,14H2,(H,21,25)(H,22,23). The van der Waals surface area contributed by atoms with Crippen LogP contribution in [-0.2, 0) is 19.7 Å². The molecule has 2 N–H and O–H groups in total. The summed E-state index contributed by atoms with van der Waals surface area (Å²) in [5, 5.41) is 9.04. The van der Waals surface area contributed by atoms with Crippen LogP contribution in [0.5, 0.6) is 0 Å². The van der Waals surface area contributed by atoms with E-state index >= 15 is 0 Å². The van der Waals surface area contributed by atoms with Gasteiger partial charge in [0, 0.05) is 29.4 Å². The number of carbonyl (C=O) groups excluding carboxylic acids is 3. The van der Waals surface area contributed by atoms with Crippen molar-refractivity contribution >= 4 is 29.1 Å². The molecule has 1 aliphatic rings. The van der Waals surface area contributed by atoms with Crippen LogP contribution in [0.3, 0.4) is 0 Å². The van der Waals surface area contributed by atoms with Gasteiger partial charge in [-0.2, -0.15) is 11.3 Å². The zero-order valence-corrected chi connectivity index (χ0v) is 15.7. The van der Waals surface area contributed by atoms with Gasteiger partial charge in [0.05, 0.1) is 6.42 Å². The van der Waals surface area contributed by atoms with Crippen LogP contribution < -0.4 is 10.6 Å². The third kappa shape index (κ3) is 5.40. The van der Waals surface area contributed by atoms with E-state index in [0.29, 0.717) is 12.1 Å². The lowest BCUT2D eigenvalue weighted by Gasteiger charge is -2.16. The predicted octanol–water partition coefficient (Wildman–Crippen LogP) is 2.26. The molecule has 0 saturated heterocycles. The van der Waals surface area contributed by atoms with Crippen molar-refractivity contribution in [2.75, 3.05) is 19.7 Å². The molecule has 142 valence electrons. The van der Waals surface area contributed by atoms with Gasteiger partial charge < -0.3 is 15.4 Å². The molecule has 6 nitrogen and oxygen atoms in total. The minimum absolute atomic E-state index is 0.0207. The Kier molecular flexibility index (Phi) is 6.24. The third-order valence-corrected chi connectivity index (χ3v) is 5.31. The van der Waals surface area contributed by atoms with Gasteiger partial charge in [-0.25, -0.2) is 0 Å². The number of amides is 2. The molecule has 0 bridgehead atoms. The Morgan fingerprint density at radius 3 is 2.52 bits per heavy atom. The van der Waals surface area contributed by atoms with E-state index in [-0.39, 0.29) is 36.8 Å². The van der Waals surface area contributed by atoms with Gasteiger partial charge in [-0.3, -0.25) is 14.4 Å². The van der Waals surface area contributed by atoms with Gasteiger partial charge in [0.25, 0.3) is 11.8 Å². The number of nitrogens with one attached hydrogen (secondary N) is 2. The molecule has 7 heteroatoms. The molecule has 0 radical (unpaired) electrons. The Morgan fingerprint density at radius 1 is 1.07 bits per heavy atom. The van der Waals surface area contributed by atoms with E-state index in [4.69, 9.17) is 4.74 Å². The maximum atomic E-state index is 11.9. The van der Waals surface area contributed by atoms with E-state index in [9.17, 15) is 14.4 Å². The molecule has 0 unspecified atom stereocenters. The molecule has 1 aromatic heterocycles. The van der Waals surface area contributed by atoms with E-state index in [1.807, 2.05) is 23.6 Å². The van der Waals surface area contributed by atoms with Crippen molar-refractivity contribution in [1.29, 1.82) is 0 Å². The minimum atomic E-state index is -0.514. The van der Waals surface area contributed by atoms with Gasteiger partial charge in [-0.15, -0.1) is 0 Å². The van der Waals surface area contributed by atoms with Crippen LogP contribution in [-0.4, -0.2) is 37.5 Å². The molecule has 1 saturated carbocycles. The van der Waals surface area contributed by atoms with Gasteiger partial charge >= 0.3 is 5.97 Å². The van der Waals surface area contributed by atoms with Crippen molar-refractivity contribution in [3.8, 4) is 0 Å². The fourth-order valence-corrected chi connectivity index (χ4v) is 3.46. The Balaban J connectivity index is 1.31. The van der Waals surface area contributed by atoms with E-state index < -0.39 is 5.97 Å². The van der Waals surface area contributed by atoms with Crippen molar-refractivity contribution in [3.63, 3.8) is 0 Å². The summed E-state index contributed by atoms with van der Waals surface area (Å²) in [6.45, 7) is 0.415. The molecule has 0 atom stereocenters. The highest BCUT2D eigenvalue weighted by molar-refractivity contribution is 7.08. The predicted molar refractivity (Wildman–Crippen MR) is 103 cm³/mol. The first-order chi connectivity index (χ1) is 13.1. The smallest absolute Gasteiger partial charge is 0.308 e.